The number of aromatic nitrogens is 1. The average molecular weight is 315 g/mol. The van der Waals surface area contributed by atoms with E-state index in [4.69, 9.17) is 0 Å². The summed E-state index contributed by atoms with van der Waals surface area (Å²) >= 11 is 0. The molecule has 1 saturated heterocycles. The molecule has 5 nitrogen and oxygen atoms in total. The van der Waals surface area contributed by atoms with Crippen LogP contribution in [0.5, 0.6) is 0 Å². The maximum atomic E-state index is 13.5. The van der Waals surface area contributed by atoms with Gasteiger partial charge in [-0.05, 0) is 29.8 Å². The Morgan fingerprint density at radius 3 is 2.91 bits per heavy atom. The normalized spacial score (nSPS) is 18.0. The van der Waals surface area contributed by atoms with Crippen LogP contribution in [-0.2, 0) is 7.05 Å². The van der Waals surface area contributed by atoms with Gasteiger partial charge in [-0.15, -0.1) is 0 Å². The molecule has 0 saturated carbocycles. The summed E-state index contributed by atoms with van der Waals surface area (Å²) < 4.78 is 14.9. The summed E-state index contributed by atoms with van der Waals surface area (Å²) in [5, 5.41) is 3.22. The number of benzene rings is 1. The van der Waals surface area contributed by atoms with E-state index in [0.717, 1.165) is 5.56 Å². The summed E-state index contributed by atoms with van der Waals surface area (Å²) in [7, 11) is 1.61. The SMILES string of the molecule is Cn1cccc(C(=O)N2CCNCC2c2cccc(F)c2)c1=O. The molecule has 0 aliphatic carbocycles. The second-order valence-corrected chi connectivity index (χ2v) is 5.61. The fourth-order valence-corrected chi connectivity index (χ4v) is 2.87. The topological polar surface area (TPSA) is 54.3 Å². The Bertz CT molecular complexity index is 787. The number of nitrogens with zero attached hydrogens (tertiary/aromatic N) is 2. The second-order valence-electron chi connectivity index (χ2n) is 5.61. The quantitative estimate of drug-likeness (QED) is 0.909. The number of rotatable bonds is 2. The monoisotopic (exact) mass is 315 g/mol. The van der Waals surface area contributed by atoms with Crippen molar-refractivity contribution in [3.8, 4) is 0 Å². The lowest BCUT2D eigenvalue weighted by atomic mass is 10.0. The third-order valence-corrected chi connectivity index (χ3v) is 4.09. The van der Waals surface area contributed by atoms with Crippen molar-refractivity contribution in [3.63, 3.8) is 0 Å². The summed E-state index contributed by atoms with van der Waals surface area (Å²) in [6.45, 7) is 1.64. The molecule has 1 unspecified atom stereocenters. The summed E-state index contributed by atoms with van der Waals surface area (Å²) in [5.41, 5.74) is 0.533. The predicted octanol–water partition coefficient (Wildman–Crippen LogP) is 1.31. The third-order valence-electron chi connectivity index (χ3n) is 4.09. The van der Waals surface area contributed by atoms with E-state index in [9.17, 15) is 14.0 Å². The highest BCUT2D eigenvalue weighted by atomic mass is 19.1. The molecule has 1 aromatic heterocycles. The molecule has 2 heterocycles. The fraction of sp³-hybridized carbons (Fsp3) is 0.294. The van der Waals surface area contributed by atoms with E-state index in [0.29, 0.717) is 19.6 Å². The molecular formula is C17H18FN3O2. The van der Waals surface area contributed by atoms with Gasteiger partial charge in [0.2, 0.25) is 0 Å². The first-order valence-corrected chi connectivity index (χ1v) is 7.51. The molecule has 120 valence electrons. The van der Waals surface area contributed by atoms with E-state index in [1.165, 1.54) is 22.8 Å². The Morgan fingerprint density at radius 1 is 1.30 bits per heavy atom. The van der Waals surface area contributed by atoms with Gasteiger partial charge in [-0.3, -0.25) is 9.59 Å². The molecule has 0 bridgehead atoms. The first kappa shape index (κ1) is 15.4. The lowest BCUT2D eigenvalue weighted by Crippen LogP contribution is -2.49. The number of hydrogen-bond acceptors (Lipinski definition) is 3. The van der Waals surface area contributed by atoms with Crippen molar-refractivity contribution in [2.24, 2.45) is 7.05 Å². The van der Waals surface area contributed by atoms with Gasteiger partial charge in [0.25, 0.3) is 11.5 Å². The molecule has 1 atom stereocenters. The van der Waals surface area contributed by atoms with Crippen molar-refractivity contribution in [2.75, 3.05) is 19.6 Å². The Morgan fingerprint density at radius 2 is 2.13 bits per heavy atom. The molecule has 23 heavy (non-hydrogen) atoms. The number of pyridine rings is 1. The van der Waals surface area contributed by atoms with Crippen LogP contribution in [0.25, 0.3) is 0 Å². The van der Waals surface area contributed by atoms with Crippen molar-refractivity contribution in [3.05, 3.63) is 69.9 Å². The minimum atomic E-state index is -0.337. The minimum Gasteiger partial charge on any atom is -0.329 e. The number of piperazine rings is 1. The summed E-state index contributed by atoms with van der Waals surface area (Å²) in [6.07, 6.45) is 1.61. The van der Waals surface area contributed by atoms with Crippen LogP contribution in [0.3, 0.4) is 0 Å². The number of amides is 1. The van der Waals surface area contributed by atoms with Gasteiger partial charge in [-0.25, -0.2) is 4.39 Å². The van der Waals surface area contributed by atoms with Crippen molar-refractivity contribution in [1.29, 1.82) is 0 Å². The van der Waals surface area contributed by atoms with E-state index >= 15 is 0 Å². The maximum absolute atomic E-state index is 13.5. The molecule has 1 aromatic carbocycles. The van der Waals surface area contributed by atoms with Gasteiger partial charge >= 0.3 is 0 Å². The third kappa shape index (κ3) is 3.03. The molecule has 0 radical (unpaired) electrons. The van der Waals surface area contributed by atoms with E-state index < -0.39 is 0 Å². The van der Waals surface area contributed by atoms with Crippen LogP contribution in [0.1, 0.15) is 22.0 Å². The first-order chi connectivity index (χ1) is 11.1. The number of carbonyl (C=O) groups is 1. The van der Waals surface area contributed by atoms with Gasteiger partial charge < -0.3 is 14.8 Å². The van der Waals surface area contributed by atoms with Gasteiger partial charge in [0, 0.05) is 32.9 Å². The van der Waals surface area contributed by atoms with Crippen LogP contribution >= 0.6 is 0 Å². The molecule has 6 heteroatoms. The summed E-state index contributed by atoms with van der Waals surface area (Å²) in [5.74, 6) is -0.655. The van der Waals surface area contributed by atoms with Gasteiger partial charge in [-0.1, -0.05) is 12.1 Å². The Labute approximate surface area is 133 Å². The number of hydrogen-bond donors (Lipinski definition) is 1. The van der Waals surface area contributed by atoms with Gasteiger partial charge in [0.05, 0.1) is 6.04 Å². The fourth-order valence-electron chi connectivity index (χ4n) is 2.87. The summed E-state index contributed by atoms with van der Waals surface area (Å²) in [6, 6.07) is 9.15. The standard InChI is InChI=1S/C17H18FN3O2/c1-20-8-3-6-14(16(20)22)17(23)21-9-7-19-11-15(21)12-4-2-5-13(18)10-12/h2-6,8,10,15,19H,7,9,11H2,1H3. The largest absolute Gasteiger partial charge is 0.329 e. The lowest BCUT2D eigenvalue weighted by Gasteiger charge is -2.36. The number of halogens is 1. The molecule has 1 fully saturated rings. The highest BCUT2D eigenvalue weighted by molar-refractivity contribution is 5.94. The van der Waals surface area contributed by atoms with Gasteiger partial charge in [0.15, 0.2) is 0 Å². The van der Waals surface area contributed by atoms with Gasteiger partial charge in [-0.2, -0.15) is 0 Å². The second kappa shape index (κ2) is 6.34. The Balaban J connectivity index is 1.97. The van der Waals surface area contributed by atoms with Crippen LogP contribution < -0.4 is 10.9 Å². The van der Waals surface area contributed by atoms with Gasteiger partial charge in [0.1, 0.15) is 11.4 Å². The van der Waals surface area contributed by atoms with Crippen molar-refractivity contribution < 1.29 is 9.18 Å². The lowest BCUT2D eigenvalue weighted by molar-refractivity contribution is 0.0631. The van der Waals surface area contributed by atoms with Crippen LogP contribution in [0.15, 0.2) is 47.4 Å². The first-order valence-electron chi connectivity index (χ1n) is 7.51. The average Bonchev–Trinajstić information content (AvgIpc) is 2.57. The molecule has 2 aromatic rings. The number of aryl methyl sites for hydroxylation is 1. The number of nitrogens with one attached hydrogen (secondary N) is 1. The minimum absolute atomic E-state index is 0.137. The van der Waals surface area contributed by atoms with Crippen LogP contribution in [-0.4, -0.2) is 35.0 Å². The Hall–Kier alpha value is -2.47. The molecule has 0 spiro atoms. The zero-order chi connectivity index (χ0) is 16.4. The molecule has 1 amide bonds. The van der Waals surface area contributed by atoms with Crippen molar-refractivity contribution in [1.82, 2.24) is 14.8 Å². The summed E-state index contributed by atoms with van der Waals surface area (Å²) in [4.78, 5) is 26.7. The smallest absolute Gasteiger partial charge is 0.263 e. The highest BCUT2D eigenvalue weighted by Crippen LogP contribution is 2.24. The van der Waals surface area contributed by atoms with Crippen molar-refractivity contribution in [2.45, 2.75) is 6.04 Å². The number of carbonyl (C=O) groups excluding carboxylic acids is 1. The van der Waals surface area contributed by atoms with Crippen LogP contribution in [0.2, 0.25) is 0 Å². The van der Waals surface area contributed by atoms with Crippen molar-refractivity contribution >= 4 is 5.91 Å². The molecule has 1 aliphatic heterocycles. The molecular weight excluding hydrogens is 297 g/mol. The van der Waals surface area contributed by atoms with E-state index in [2.05, 4.69) is 5.32 Å². The molecule has 3 rings (SSSR count). The maximum Gasteiger partial charge on any atom is 0.263 e. The Kier molecular flexibility index (Phi) is 4.25. The van der Waals surface area contributed by atoms with Crippen LogP contribution in [0, 0.1) is 5.82 Å². The highest BCUT2D eigenvalue weighted by Gasteiger charge is 2.30. The molecule has 1 N–H and O–H groups in total. The molecule has 1 aliphatic rings. The van der Waals surface area contributed by atoms with E-state index in [-0.39, 0.29) is 28.9 Å². The zero-order valence-corrected chi connectivity index (χ0v) is 12.8. The predicted molar refractivity (Wildman–Crippen MR) is 84.7 cm³/mol. The zero-order valence-electron chi connectivity index (χ0n) is 12.8. The van der Waals surface area contributed by atoms with Crippen LogP contribution in [0.4, 0.5) is 4.39 Å². The van der Waals surface area contributed by atoms with E-state index in [1.54, 1.807) is 36.3 Å². The van der Waals surface area contributed by atoms with E-state index in [1.807, 2.05) is 0 Å².